The third kappa shape index (κ3) is 5.43. The Hall–Kier alpha value is -0.120. The molecule has 2 unspecified atom stereocenters. The Bertz CT molecular complexity index is 409. The average Bonchev–Trinajstić information content (AvgIpc) is 2.94. The molecule has 0 aromatic heterocycles. The van der Waals surface area contributed by atoms with Crippen molar-refractivity contribution in [1.29, 1.82) is 0 Å². The molecular formula is C22H41NO2. The third-order valence-electron chi connectivity index (χ3n) is 6.88. The van der Waals surface area contributed by atoms with Gasteiger partial charge in [-0.1, -0.05) is 27.7 Å². The Balaban J connectivity index is 1.32. The topological polar surface area (TPSA) is 21.7 Å². The van der Waals surface area contributed by atoms with E-state index in [4.69, 9.17) is 9.47 Å². The molecule has 0 aromatic rings. The van der Waals surface area contributed by atoms with Crippen molar-refractivity contribution in [3.8, 4) is 0 Å². The fourth-order valence-corrected chi connectivity index (χ4v) is 5.14. The number of likely N-dealkylation sites (tertiary alicyclic amines) is 1. The highest BCUT2D eigenvalue weighted by Gasteiger charge is 2.45. The second-order valence-corrected chi connectivity index (χ2v) is 10.1. The number of hydrogen-bond acceptors (Lipinski definition) is 3. The molecule has 0 N–H and O–H groups in total. The van der Waals surface area contributed by atoms with E-state index in [1.165, 1.54) is 64.6 Å². The normalized spacial score (nSPS) is 37.7. The minimum absolute atomic E-state index is 0.227. The molecule has 25 heavy (non-hydrogen) atoms. The lowest BCUT2D eigenvalue weighted by Gasteiger charge is -2.41. The summed E-state index contributed by atoms with van der Waals surface area (Å²) in [6.45, 7) is 14.2. The van der Waals surface area contributed by atoms with Crippen LogP contribution in [0, 0.1) is 17.3 Å². The zero-order chi connectivity index (χ0) is 17.9. The summed E-state index contributed by atoms with van der Waals surface area (Å²) in [5.74, 6) is 1.48. The molecule has 1 saturated carbocycles. The number of rotatable bonds is 5. The highest BCUT2D eigenvalue weighted by atomic mass is 16.7. The minimum Gasteiger partial charge on any atom is -0.347 e. The molecule has 2 heterocycles. The van der Waals surface area contributed by atoms with E-state index in [-0.39, 0.29) is 5.79 Å². The number of nitrogens with zero attached hydrogens (tertiary/aromatic N) is 1. The van der Waals surface area contributed by atoms with E-state index < -0.39 is 0 Å². The average molecular weight is 352 g/mol. The lowest BCUT2D eigenvalue weighted by Crippen LogP contribution is -2.38. The number of unbranched alkanes of at least 4 members (excludes halogenated alkanes) is 1. The summed E-state index contributed by atoms with van der Waals surface area (Å²) in [7, 11) is 0. The summed E-state index contributed by atoms with van der Waals surface area (Å²) in [5.41, 5.74) is 0.422. The van der Waals surface area contributed by atoms with Crippen LogP contribution in [0.4, 0.5) is 0 Å². The summed E-state index contributed by atoms with van der Waals surface area (Å²) in [4.78, 5) is 2.66. The van der Waals surface area contributed by atoms with Crippen LogP contribution in [-0.4, -0.2) is 43.0 Å². The van der Waals surface area contributed by atoms with Gasteiger partial charge in [0.15, 0.2) is 5.79 Å². The van der Waals surface area contributed by atoms with Crippen molar-refractivity contribution >= 4 is 0 Å². The van der Waals surface area contributed by atoms with Gasteiger partial charge in [-0.3, -0.25) is 0 Å². The number of ether oxygens (including phenoxy) is 2. The van der Waals surface area contributed by atoms with Crippen LogP contribution in [0.5, 0.6) is 0 Å². The molecule has 2 atom stereocenters. The van der Waals surface area contributed by atoms with Gasteiger partial charge in [-0.05, 0) is 75.3 Å². The Labute approximate surface area is 155 Å². The van der Waals surface area contributed by atoms with Crippen LogP contribution in [-0.2, 0) is 9.47 Å². The van der Waals surface area contributed by atoms with E-state index in [2.05, 4.69) is 32.6 Å². The van der Waals surface area contributed by atoms with E-state index in [0.29, 0.717) is 11.5 Å². The predicted molar refractivity (Wildman–Crippen MR) is 104 cm³/mol. The Morgan fingerprint density at radius 2 is 1.84 bits per heavy atom. The van der Waals surface area contributed by atoms with Crippen LogP contribution < -0.4 is 0 Å². The van der Waals surface area contributed by atoms with Crippen LogP contribution in [0.1, 0.15) is 85.5 Å². The molecule has 2 saturated heterocycles. The second kappa shape index (κ2) is 8.27. The van der Waals surface area contributed by atoms with Gasteiger partial charge in [0.1, 0.15) is 0 Å². The van der Waals surface area contributed by atoms with E-state index in [0.717, 1.165) is 31.3 Å². The van der Waals surface area contributed by atoms with E-state index in [1.807, 2.05) is 0 Å². The van der Waals surface area contributed by atoms with Crippen molar-refractivity contribution in [2.45, 2.75) is 97.4 Å². The summed E-state index contributed by atoms with van der Waals surface area (Å²) in [6.07, 6.45) is 11.6. The van der Waals surface area contributed by atoms with Gasteiger partial charge in [-0.15, -0.1) is 0 Å². The van der Waals surface area contributed by atoms with Crippen molar-refractivity contribution in [1.82, 2.24) is 4.90 Å². The fraction of sp³-hybridized carbons (Fsp3) is 1.00. The van der Waals surface area contributed by atoms with Gasteiger partial charge in [-0.25, -0.2) is 0 Å². The fourth-order valence-electron chi connectivity index (χ4n) is 5.14. The molecule has 0 radical (unpaired) electrons. The lowest BCUT2D eigenvalue weighted by atomic mass is 9.71. The van der Waals surface area contributed by atoms with Gasteiger partial charge in [0.25, 0.3) is 0 Å². The summed E-state index contributed by atoms with van der Waals surface area (Å²) < 4.78 is 12.6. The summed E-state index contributed by atoms with van der Waals surface area (Å²) in [5, 5.41) is 0. The molecule has 3 heteroatoms. The Morgan fingerprint density at radius 3 is 2.52 bits per heavy atom. The highest BCUT2D eigenvalue weighted by molar-refractivity contribution is 4.88. The highest BCUT2D eigenvalue weighted by Crippen LogP contribution is 2.46. The second-order valence-electron chi connectivity index (χ2n) is 10.1. The molecule has 0 amide bonds. The van der Waals surface area contributed by atoms with Gasteiger partial charge in [-0.2, -0.15) is 0 Å². The monoisotopic (exact) mass is 351 g/mol. The van der Waals surface area contributed by atoms with Gasteiger partial charge < -0.3 is 14.4 Å². The van der Waals surface area contributed by atoms with Crippen LogP contribution >= 0.6 is 0 Å². The summed E-state index contributed by atoms with van der Waals surface area (Å²) >= 11 is 0. The largest absolute Gasteiger partial charge is 0.347 e. The van der Waals surface area contributed by atoms with Crippen molar-refractivity contribution in [3.05, 3.63) is 0 Å². The number of piperidine rings is 1. The van der Waals surface area contributed by atoms with E-state index in [9.17, 15) is 0 Å². The SMILES string of the molecule is CC1CCCN(CCCCC2COC3(CCC(C(C)(C)C)CC3)O2)C1. The zero-order valence-electron chi connectivity index (χ0n) is 17.2. The molecule has 0 bridgehead atoms. The first-order valence-corrected chi connectivity index (χ1v) is 10.9. The van der Waals surface area contributed by atoms with Crippen LogP contribution in [0.15, 0.2) is 0 Å². The Kier molecular flexibility index (Phi) is 6.50. The van der Waals surface area contributed by atoms with Crippen molar-refractivity contribution in [2.75, 3.05) is 26.2 Å². The van der Waals surface area contributed by atoms with Crippen molar-refractivity contribution < 1.29 is 9.47 Å². The maximum atomic E-state index is 6.42. The standard InChI is InChI=1S/C22H41NO2/c1-18-8-7-15-23(16-18)14-6-5-9-20-17-24-22(25-20)12-10-19(11-13-22)21(2,3)4/h18-20H,5-17H2,1-4H3. The molecule has 2 aliphatic heterocycles. The summed E-state index contributed by atoms with van der Waals surface area (Å²) in [6, 6.07) is 0. The maximum Gasteiger partial charge on any atom is 0.168 e. The lowest BCUT2D eigenvalue weighted by molar-refractivity contribution is -0.197. The third-order valence-corrected chi connectivity index (χ3v) is 6.88. The first-order chi connectivity index (χ1) is 11.9. The smallest absolute Gasteiger partial charge is 0.168 e. The minimum atomic E-state index is -0.227. The van der Waals surface area contributed by atoms with E-state index in [1.54, 1.807) is 0 Å². The molecule has 3 fully saturated rings. The van der Waals surface area contributed by atoms with Gasteiger partial charge in [0.05, 0.1) is 12.7 Å². The molecular weight excluding hydrogens is 310 g/mol. The first kappa shape index (κ1) is 19.6. The molecule has 146 valence electrons. The molecule has 3 aliphatic rings. The van der Waals surface area contributed by atoms with Gasteiger partial charge in [0.2, 0.25) is 0 Å². The van der Waals surface area contributed by atoms with Crippen molar-refractivity contribution in [3.63, 3.8) is 0 Å². The first-order valence-electron chi connectivity index (χ1n) is 10.9. The quantitative estimate of drug-likeness (QED) is 0.633. The molecule has 1 aliphatic carbocycles. The maximum absolute atomic E-state index is 6.42. The van der Waals surface area contributed by atoms with Crippen LogP contribution in [0.25, 0.3) is 0 Å². The molecule has 3 nitrogen and oxygen atoms in total. The van der Waals surface area contributed by atoms with Gasteiger partial charge in [0, 0.05) is 19.4 Å². The van der Waals surface area contributed by atoms with E-state index >= 15 is 0 Å². The van der Waals surface area contributed by atoms with Crippen LogP contribution in [0.2, 0.25) is 0 Å². The Morgan fingerprint density at radius 1 is 1.08 bits per heavy atom. The number of hydrogen-bond donors (Lipinski definition) is 0. The van der Waals surface area contributed by atoms with Crippen LogP contribution in [0.3, 0.4) is 0 Å². The molecule has 1 spiro atoms. The van der Waals surface area contributed by atoms with Crippen molar-refractivity contribution in [2.24, 2.45) is 17.3 Å². The molecule has 3 rings (SSSR count). The zero-order valence-corrected chi connectivity index (χ0v) is 17.2. The van der Waals surface area contributed by atoms with Gasteiger partial charge >= 0.3 is 0 Å². The molecule has 0 aromatic carbocycles. The predicted octanol–water partition coefficient (Wildman–Crippen LogP) is 5.24.